The summed E-state index contributed by atoms with van der Waals surface area (Å²) >= 11 is 0.923. The Hall–Kier alpha value is -3.20. The molecule has 160 valence electrons. The SMILES string of the molecule is Cc1ccc(C(=O)NC2CC2)cc1NC(=O)c1ccc(-c2ncccc2C(F)(F)F)s1. The second kappa shape index (κ2) is 8.14. The molecule has 0 unspecified atom stereocenters. The number of nitrogens with zero attached hydrogens (tertiary/aromatic N) is 1. The zero-order valence-corrected chi connectivity index (χ0v) is 17.2. The van der Waals surface area contributed by atoms with Crippen LogP contribution in [0.25, 0.3) is 10.6 Å². The van der Waals surface area contributed by atoms with Crippen LogP contribution in [0.1, 0.15) is 44.0 Å². The summed E-state index contributed by atoms with van der Waals surface area (Å²) in [6.07, 6.45) is -1.33. The normalized spacial score (nSPS) is 13.7. The number of halogens is 3. The number of benzene rings is 1. The average Bonchev–Trinajstić information content (AvgIpc) is 3.40. The van der Waals surface area contributed by atoms with Crippen LogP contribution in [-0.4, -0.2) is 22.8 Å². The summed E-state index contributed by atoms with van der Waals surface area (Å²) in [6, 6.07) is 10.3. The van der Waals surface area contributed by atoms with Gasteiger partial charge in [0.25, 0.3) is 11.8 Å². The number of anilines is 1. The van der Waals surface area contributed by atoms with E-state index < -0.39 is 17.6 Å². The van der Waals surface area contributed by atoms with E-state index in [1.807, 2.05) is 0 Å². The maximum absolute atomic E-state index is 13.3. The Kier molecular flexibility index (Phi) is 5.53. The van der Waals surface area contributed by atoms with E-state index >= 15 is 0 Å². The molecule has 2 amide bonds. The van der Waals surface area contributed by atoms with Gasteiger partial charge in [-0.3, -0.25) is 14.6 Å². The molecule has 0 atom stereocenters. The highest BCUT2D eigenvalue weighted by Gasteiger charge is 2.34. The predicted molar refractivity (Wildman–Crippen MR) is 112 cm³/mol. The quantitative estimate of drug-likeness (QED) is 0.561. The Balaban J connectivity index is 1.55. The highest BCUT2D eigenvalue weighted by Crippen LogP contribution is 2.38. The van der Waals surface area contributed by atoms with Gasteiger partial charge in [0.15, 0.2) is 0 Å². The number of amides is 2. The Bertz CT molecular complexity index is 1150. The van der Waals surface area contributed by atoms with Crippen LogP contribution >= 0.6 is 11.3 Å². The van der Waals surface area contributed by atoms with Crippen LogP contribution in [0.3, 0.4) is 0 Å². The smallest absolute Gasteiger partial charge is 0.349 e. The monoisotopic (exact) mass is 445 g/mol. The summed E-state index contributed by atoms with van der Waals surface area (Å²) < 4.78 is 39.8. The third-order valence-electron chi connectivity index (χ3n) is 4.84. The number of carbonyl (C=O) groups excluding carboxylic acids is 2. The topological polar surface area (TPSA) is 71.1 Å². The van der Waals surface area contributed by atoms with Gasteiger partial charge in [0.05, 0.1) is 21.0 Å². The van der Waals surface area contributed by atoms with Gasteiger partial charge < -0.3 is 10.6 Å². The molecule has 2 N–H and O–H groups in total. The molecule has 0 radical (unpaired) electrons. The summed E-state index contributed by atoms with van der Waals surface area (Å²) in [7, 11) is 0. The lowest BCUT2D eigenvalue weighted by molar-refractivity contribution is -0.137. The van der Waals surface area contributed by atoms with Crippen LogP contribution in [0, 0.1) is 6.92 Å². The maximum atomic E-state index is 13.3. The molecular weight excluding hydrogens is 427 g/mol. The Morgan fingerprint density at radius 2 is 1.87 bits per heavy atom. The van der Waals surface area contributed by atoms with Crippen molar-refractivity contribution < 1.29 is 22.8 Å². The van der Waals surface area contributed by atoms with Crippen molar-refractivity contribution in [1.29, 1.82) is 0 Å². The van der Waals surface area contributed by atoms with E-state index in [0.29, 0.717) is 11.3 Å². The van der Waals surface area contributed by atoms with E-state index in [1.54, 1.807) is 25.1 Å². The number of alkyl halides is 3. The van der Waals surface area contributed by atoms with E-state index in [9.17, 15) is 22.8 Å². The minimum Gasteiger partial charge on any atom is -0.349 e. The summed E-state index contributed by atoms with van der Waals surface area (Å²) in [5.74, 6) is -0.671. The first-order valence-corrected chi connectivity index (χ1v) is 10.4. The number of thiophene rings is 1. The molecule has 1 saturated carbocycles. The highest BCUT2D eigenvalue weighted by molar-refractivity contribution is 7.17. The molecule has 1 fully saturated rings. The minimum absolute atomic E-state index is 0.203. The van der Waals surface area contributed by atoms with Crippen molar-refractivity contribution in [2.45, 2.75) is 32.0 Å². The third kappa shape index (κ3) is 4.77. The van der Waals surface area contributed by atoms with Crippen LogP contribution < -0.4 is 10.6 Å². The number of carbonyl (C=O) groups is 2. The van der Waals surface area contributed by atoms with Gasteiger partial charge in [-0.1, -0.05) is 6.07 Å². The van der Waals surface area contributed by atoms with Crippen molar-refractivity contribution >= 4 is 28.8 Å². The molecule has 0 bridgehead atoms. The molecule has 0 aliphatic heterocycles. The van der Waals surface area contributed by atoms with Crippen molar-refractivity contribution in [3.63, 3.8) is 0 Å². The lowest BCUT2D eigenvalue weighted by Crippen LogP contribution is -2.25. The molecule has 0 saturated heterocycles. The summed E-state index contributed by atoms with van der Waals surface area (Å²) in [5, 5.41) is 5.64. The molecule has 3 aromatic rings. The first-order valence-electron chi connectivity index (χ1n) is 9.57. The number of hydrogen-bond donors (Lipinski definition) is 2. The van der Waals surface area contributed by atoms with Gasteiger partial charge in [-0.25, -0.2) is 0 Å². The second-order valence-corrected chi connectivity index (χ2v) is 8.38. The van der Waals surface area contributed by atoms with E-state index in [1.165, 1.54) is 24.4 Å². The molecular formula is C22H18F3N3O2S. The van der Waals surface area contributed by atoms with Crippen LogP contribution in [0.5, 0.6) is 0 Å². The van der Waals surface area contributed by atoms with Crippen molar-refractivity contribution in [2.75, 3.05) is 5.32 Å². The first-order chi connectivity index (χ1) is 14.7. The highest BCUT2D eigenvalue weighted by atomic mass is 32.1. The number of aromatic nitrogens is 1. The van der Waals surface area contributed by atoms with E-state index in [0.717, 1.165) is 35.8 Å². The van der Waals surface area contributed by atoms with Gasteiger partial charge in [0, 0.05) is 23.5 Å². The van der Waals surface area contributed by atoms with Crippen LogP contribution in [0.2, 0.25) is 0 Å². The second-order valence-electron chi connectivity index (χ2n) is 7.29. The van der Waals surface area contributed by atoms with E-state index in [2.05, 4.69) is 15.6 Å². The Labute approximate surface area is 180 Å². The Morgan fingerprint density at radius 3 is 2.58 bits per heavy atom. The summed E-state index contributed by atoms with van der Waals surface area (Å²) in [4.78, 5) is 29.3. The number of pyridine rings is 1. The van der Waals surface area contributed by atoms with Crippen molar-refractivity contribution in [2.24, 2.45) is 0 Å². The number of aryl methyl sites for hydroxylation is 1. The summed E-state index contributed by atoms with van der Waals surface area (Å²) in [5.41, 5.74) is 0.598. The lowest BCUT2D eigenvalue weighted by Gasteiger charge is -2.11. The number of hydrogen-bond acceptors (Lipinski definition) is 4. The molecule has 1 aromatic carbocycles. The fraction of sp³-hybridized carbons (Fsp3) is 0.227. The third-order valence-corrected chi connectivity index (χ3v) is 5.93. The van der Waals surface area contributed by atoms with E-state index in [-0.39, 0.29) is 27.4 Å². The summed E-state index contributed by atoms with van der Waals surface area (Å²) in [6.45, 7) is 1.79. The van der Waals surface area contributed by atoms with Crippen LogP contribution in [0.4, 0.5) is 18.9 Å². The lowest BCUT2D eigenvalue weighted by atomic mass is 10.1. The van der Waals surface area contributed by atoms with Gasteiger partial charge in [-0.15, -0.1) is 11.3 Å². The number of nitrogens with one attached hydrogen (secondary N) is 2. The molecule has 5 nitrogen and oxygen atoms in total. The van der Waals surface area contributed by atoms with Gasteiger partial charge >= 0.3 is 6.18 Å². The molecule has 9 heteroatoms. The van der Waals surface area contributed by atoms with Gasteiger partial charge in [0.2, 0.25) is 0 Å². The maximum Gasteiger partial charge on any atom is 0.418 e. The van der Waals surface area contributed by atoms with Crippen molar-refractivity contribution in [3.8, 4) is 10.6 Å². The molecule has 31 heavy (non-hydrogen) atoms. The minimum atomic E-state index is -4.55. The largest absolute Gasteiger partial charge is 0.418 e. The molecule has 0 spiro atoms. The van der Waals surface area contributed by atoms with Crippen molar-refractivity contribution in [3.05, 3.63) is 70.2 Å². The fourth-order valence-electron chi connectivity index (χ4n) is 3.00. The molecule has 1 aliphatic rings. The van der Waals surface area contributed by atoms with Crippen LogP contribution in [-0.2, 0) is 6.18 Å². The van der Waals surface area contributed by atoms with Gasteiger partial charge in [-0.2, -0.15) is 13.2 Å². The standard InChI is InChI=1S/C22H18F3N3O2S/c1-12-4-5-13(20(29)27-14-6-7-14)11-16(12)28-21(30)18-9-8-17(31-18)19-15(22(23,24)25)3-2-10-26-19/h2-5,8-11,14H,6-7H2,1H3,(H,27,29)(H,28,30). The van der Waals surface area contributed by atoms with Gasteiger partial charge in [0.1, 0.15) is 0 Å². The average molecular weight is 445 g/mol. The fourth-order valence-corrected chi connectivity index (χ4v) is 3.91. The molecule has 1 aliphatic carbocycles. The number of rotatable bonds is 5. The van der Waals surface area contributed by atoms with E-state index in [4.69, 9.17) is 0 Å². The molecule has 2 heterocycles. The zero-order chi connectivity index (χ0) is 22.2. The predicted octanol–water partition coefficient (Wildman–Crippen LogP) is 5.28. The first kappa shape index (κ1) is 21.0. The Morgan fingerprint density at radius 1 is 1.10 bits per heavy atom. The molecule has 2 aromatic heterocycles. The molecule has 4 rings (SSSR count). The van der Waals surface area contributed by atoms with Crippen molar-refractivity contribution in [1.82, 2.24) is 10.3 Å². The van der Waals surface area contributed by atoms with Gasteiger partial charge in [-0.05, 0) is 61.7 Å². The zero-order valence-electron chi connectivity index (χ0n) is 16.4. The van der Waals surface area contributed by atoms with Crippen LogP contribution in [0.15, 0.2) is 48.7 Å².